The standard InChI is InChI=1S/C18H22N2O4S/c1-4-24-18-15(10-7-11-16(18)25(3,22)23)19-12-17(21)20-14-9-6-5-8-13(14)2/h5-11,19H,4,12H2,1-3H3,(H,20,21). The highest BCUT2D eigenvalue weighted by Crippen LogP contribution is 2.32. The third kappa shape index (κ3) is 4.96. The van der Waals surface area contributed by atoms with E-state index in [1.807, 2.05) is 31.2 Å². The lowest BCUT2D eigenvalue weighted by Crippen LogP contribution is -2.22. The van der Waals surface area contributed by atoms with Gasteiger partial charge in [-0.15, -0.1) is 0 Å². The summed E-state index contributed by atoms with van der Waals surface area (Å²) in [4.78, 5) is 12.3. The second kappa shape index (κ2) is 8.02. The van der Waals surface area contributed by atoms with Crippen LogP contribution in [0.5, 0.6) is 5.75 Å². The fraction of sp³-hybridized carbons (Fsp3) is 0.278. The second-order valence-electron chi connectivity index (χ2n) is 5.55. The highest BCUT2D eigenvalue weighted by molar-refractivity contribution is 7.90. The maximum absolute atomic E-state index is 12.2. The first-order valence-corrected chi connectivity index (χ1v) is 9.77. The molecule has 134 valence electrons. The summed E-state index contributed by atoms with van der Waals surface area (Å²) < 4.78 is 29.3. The number of benzene rings is 2. The Morgan fingerprint density at radius 2 is 1.76 bits per heavy atom. The highest BCUT2D eigenvalue weighted by atomic mass is 32.2. The van der Waals surface area contributed by atoms with Crippen LogP contribution in [0.1, 0.15) is 12.5 Å². The van der Waals surface area contributed by atoms with Gasteiger partial charge in [0.2, 0.25) is 5.91 Å². The number of carbonyl (C=O) groups excluding carboxylic acids is 1. The van der Waals surface area contributed by atoms with Gasteiger partial charge in [-0.05, 0) is 37.6 Å². The number of sulfone groups is 1. The number of anilines is 2. The summed E-state index contributed by atoms with van der Waals surface area (Å²) in [7, 11) is -3.44. The van der Waals surface area contributed by atoms with E-state index in [1.54, 1.807) is 19.1 Å². The molecule has 0 aromatic heterocycles. The van der Waals surface area contributed by atoms with E-state index in [1.165, 1.54) is 6.07 Å². The molecule has 25 heavy (non-hydrogen) atoms. The number of para-hydroxylation sites is 2. The van der Waals surface area contributed by atoms with Crippen LogP contribution in [0.3, 0.4) is 0 Å². The second-order valence-corrected chi connectivity index (χ2v) is 7.54. The van der Waals surface area contributed by atoms with Crippen molar-refractivity contribution in [3.05, 3.63) is 48.0 Å². The zero-order valence-electron chi connectivity index (χ0n) is 14.5. The van der Waals surface area contributed by atoms with Gasteiger partial charge in [-0.2, -0.15) is 0 Å². The van der Waals surface area contributed by atoms with E-state index in [0.717, 1.165) is 17.5 Å². The van der Waals surface area contributed by atoms with Gasteiger partial charge in [0.1, 0.15) is 4.90 Å². The first kappa shape index (κ1) is 18.8. The van der Waals surface area contributed by atoms with Crippen LogP contribution in [-0.4, -0.2) is 33.7 Å². The molecule has 0 fully saturated rings. The average Bonchev–Trinajstić information content (AvgIpc) is 2.55. The maximum Gasteiger partial charge on any atom is 0.243 e. The van der Waals surface area contributed by atoms with E-state index >= 15 is 0 Å². The van der Waals surface area contributed by atoms with Crippen LogP contribution in [0.2, 0.25) is 0 Å². The summed E-state index contributed by atoms with van der Waals surface area (Å²) in [6.07, 6.45) is 1.12. The molecule has 6 nitrogen and oxygen atoms in total. The molecule has 0 radical (unpaired) electrons. The van der Waals surface area contributed by atoms with Crippen LogP contribution >= 0.6 is 0 Å². The van der Waals surface area contributed by atoms with Crippen molar-refractivity contribution in [3.8, 4) is 5.75 Å². The van der Waals surface area contributed by atoms with Crippen LogP contribution in [0.4, 0.5) is 11.4 Å². The molecule has 0 aliphatic rings. The molecule has 0 atom stereocenters. The molecule has 0 saturated heterocycles. The number of aryl methyl sites for hydroxylation is 1. The summed E-state index contributed by atoms with van der Waals surface area (Å²) in [6, 6.07) is 12.3. The SMILES string of the molecule is CCOc1c(NCC(=O)Nc2ccccc2C)cccc1S(C)(=O)=O. The molecule has 2 rings (SSSR count). The molecule has 7 heteroatoms. The zero-order chi connectivity index (χ0) is 18.4. The molecule has 0 saturated carbocycles. The summed E-state index contributed by atoms with van der Waals surface area (Å²) in [5, 5.41) is 5.76. The lowest BCUT2D eigenvalue weighted by Gasteiger charge is -2.15. The van der Waals surface area contributed by atoms with Crippen molar-refractivity contribution >= 4 is 27.1 Å². The summed E-state index contributed by atoms with van der Waals surface area (Å²) >= 11 is 0. The Kier molecular flexibility index (Phi) is 6.03. The quantitative estimate of drug-likeness (QED) is 0.791. The fourth-order valence-corrected chi connectivity index (χ4v) is 3.15. The van der Waals surface area contributed by atoms with Gasteiger partial charge in [-0.25, -0.2) is 8.42 Å². The largest absolute Gasteiger partial charge is 0.490 e. The van der Waals surface area contributed by atoms with E-state index in [2.05, 4.69) is 10.6 Å². The van der Waals surface area contributed by atoms with Crippen molar-refractivity contribution in [1.82, 2.24) is 0 Å². The van der Waals surface area contributed by atoms with Crippen LogP contribution in [0.15, 0.2) is 47.4 Å². The van der Waals surface area contributed by atoms with Crippen molar-refractivity contribution in [3.63, 3.8) is 0 Å². The number of nitrogens with one attached hydrogen (secondary N) is 2. The van der Waals surface area contributed by atoms with E-state index in [-0.39, 0.29) is 23.1 Å². The third-order valence-corrected chi connectivity index (χ3v) is 4.65. The summed E-state index contributed by atoms with van der Waals surface area (Å²) in [6.45, 7) is 3.98. The molecule has 0 unspecified atom stereocenters. The zero-order valence-corrected chi connectivity index (χ0v) is 15.3. The smallest absolute Gasteiger partial charge is 0.243 e. The van der Waals surface area contributed by atoms with Crippen molar-refractivity contribution in [2.24, 2.45) is 0 Å². The molecule has 2 aromatic rings. The van der Waals surface area contributed by atoms with Gasteiger partial charge in [0.15, 0.2) is 15.6 Å². The molecule has 0 aliphatic heterocycles. The van der Waals surface area contributed by atoms with Gasteiger partial charge < -0.3 is 15.4 Å². The molecule has 2 N–H and O–H groups in total. The van der Waals surface area contributed by atoms with Gasteiger partial charge in [-0.3, -0.25) is 4.79 Å². The Hall–Kier alpha value is -2.54. The van der Waals surface area contributed by atoms with Crippen LogP contribution in [0, 0.1) is 6.92 Å². The van der Waals surface area contributed by atoms with Crippen LogP contribution in [0.25, 0.3) is 0 Å². The van der Waals surface area contributed by atoms with Gasteiger partial charge in [0, 0.05) is 11.9 Å². The highest BCUT2D eigenvalue weighted by Gasteiger charge is 2.18. The van der Waals surface area contributed by atoms with Crippen molar-refractivity contribution < 1.29 is 17.9 Å². The number of hydrogen-bond acceptors (Lipinski definition) is 5. The van der Waals surface area contributed by atoms with E-state index < -0.39 is 9.84 Å². The number of ether oxygens (including phenoxy) is 1. The maximum atomic E-state index is 12.2. The third-order valence-electron chi connectivity index (χ3n) is 3.53. The monoisotopic (exact) mass is 362 g/mol. The Labute approximate surface area is 148 Å². The lowest BCUT2D eigenvalue weighted by atomic mass is 10.2. The summed E-state index contributed by atoms with van der Waals surface area (Å²) in [5.74, 6) is -0.00213. The van der Waals surface area contributed by atoms with Gasteiger partial charge in [0.25, 0.3) is 0 Å². The van der Waals surface area contributed by atoms with Crippen LogP contribution < -0.4 is 15.4 Å². The Balaban J connectivity index is 2.15. The lowest BCUT2D eigenvalue weighted by molar-refractivity contribution is -0.114. The van der Waals surface area contributed by atoms with E-state index in [0.29, 0.717) is 12.3 Å². The van der Waals surface area contributed by atoms with E-state index in [9.17, 15) is 13.2 Å². The Bertz CT molecular complexity index is 863. The Morgan fingerprint density at radius 1 is 1.08 bits per heavy atom. The number of hydrogen-bond donors (Lipinski definition) is 2. The topological polar surface area (TPSA) is 84.5 Å². The predicted molar refractivity (Wildman–Crippen MR) is 99.0 cm³/mol. The van der Waals surface area contributed by atoms with Crippen molar-refractivity contribution in [2.45, 2.75) is 18.7 Å². The van der Waals surface area contributed by atoms with Gasteiger partial charge in [-0.1, -0.05) is 24.3 Å². The molecule has 2 aromatic carbocycles. The Morgan fingerprint density at radius 3 is 2.40 bits per heavy atom. The van der Waals surface area contributed by atoms with Crippen molar-refractivity contribution in [1.29, 1.82) is 0 Å². The predicted octanol–water partition coefficient (Wildman–Crippen LogP) is 2.85. The van der Waals surface area contributed by atoms with Crippen molar-refractivity contribution in [2.75, 3.05) is 30.0 Å². The summed E-state index contributed by atoms with van der Waals surface area (Å²) in [5.41, 5.74) is 2.17. The van der Waals surface area contributed by atoms with E-state index in [4.69, 9.17) is 4.74 Å². The first-order valence-electron chi connectivity index (χ1n) is 7.88. The molecule has 0 aliphatic carbocycles. The first-order chi connectivity index (χ1) is 11.8. The normalized spacial score (nSPS) is 11.0. The number of rotatable bonds is 7. The number of carbonyl (C=O) groups is 1. The molecule has 0 spiro atoms. The molecular formula is C18H22N2O4S. The number of amides is 1. The molecule has 1 amide bonds. The molecular weight excluding hydrogens is 340 g/mol. The van der Waals surface area contributed by atoms with Gasteiger partial charge >= 0.3 is 0 Å². The van der Waals surface area contributed by atoms with Crippen LogP contribution in [-0.2, 0) is 14.6 Å². The minimum Gasteiger partial charge on any atom is -0.490 e. The fourth-order valence-electron chi connectivity index (χ4n) is 2.32. The minimum absolute atomic E-state index is 0.0123. The molecule has 0 bridgehead atoms. The minimum atomic E-state index is -3.44. The molecule has 0 heterocycles. The average molecular weight is 362 g/mol. The van der Waals surface area contributed by atoms with Gasteiger partial charge in [0.05, 0.1) is 18.8 Å².